The molecule has 0 unspecified atom stereocenters. The number of aromatic nitrogens is 7. The summed E-state index contributed by atoms with van der Waals surface area (Å²) in [5, 5.41) is 31.4. The Balaban J connectivity index is 0.000000136. The van der Waals surface area contributed by atoms with Gasteiger partial charge in [0.05, 0.1) is 17.1 Å². The average molecular weight is 1550 g/mol. The fourth-order valence-corrected chi connectivity index (χ4v) is 13.3. The van der Waals surface area contributed by atoms with Crippen LogP contribution in [0.5, 0.6) is 11.5 Å². The quantitative estimate of drug-likeness (QED) is 0.0332. The van der Waals surface area contributed by atoms with Crippen molar-refractivity contribution in [2.75, 3.05) is 51.6 Å². The van der Waals surface area contributed by atoms with Crippen LogP contribution in [0.1, 0.15) is 99.1 Å². The van der Waals surface area contributed by atoms with Gasteiger partial charge in [0.2, 0.25) is 17.8 Å². The molecule has 1 aliphatic carbocycles. The Morgan fingerprint density at radius 3 is 1.31 bits per heavy atom. The van der Waals surface area contributed by atoms with Crippen LogP contribution in [-0.2, 0) is 4.79 Å². The van der Waals surface area contributed by atoms with Gasteiger partial charge in [-0.1, -0.05) is 165 Å². The molecule has 0 spiro atoms. The molecule has 586 valence electrons. The van der Waals surface area contributed by atoms with Crippen LogP contribution < -0.4 is 42.0 Å². The van der Waals surface area contributed by atoms with Crippen molar-refractivity contribution >= 4 is 81.4 Å². The predicted molar refractivity (Wildman–Crippen MR) is 466 cm³/mol. The number of pyridine rings is 1. The average Bonchev–Trinajstić information content (AvgIpc) is 0.836. The maximum atomic E-state index is 13.0. The lowest BCUT2D eigenvalue weighted by Crippen LogP contribution is -2.36. The Bertz CT molecular complexity index is 5630. The number of hydrogen-bond acceptors (Lipinski definition) is 17. The fourth-order valence-electron chi connectivity index (χ4n) is 13.3. The first-order valence-electron chi connectivity index (χ1n) is 39.1. The van der Waals surface area contributed by atoms with Crippen LogP contribution in [0.4, 0.5) is 57.8 Å². The van der Waals surface area contributed by atoms with Crippen LogP contribution in [0.3, 0.4) is 0 Å². The molecule has 5 heterocycles. The summed E-state index contributed by atoms with van der Waals surface area (Å²) in [6, 6.07) is 89.8. The molecular formula is C96H91N15O6. The van der Waals surface area contributed by atoms with E-state index in [1.807, 2.05) is 280 Å². The molecule has 2 fully saturated rings. The minimum Gasteiger partial charge on any atom is -0.508 e. The van der Waals surface area contributed by atoms with E-state index in [1.54, 1.807) is 55.1 Å². The molecule has 1 saturated heterocycles. The maximum Gasteiger partial charge on any atom is 0.262 e. The number of hydrogen-bond donors (Lipinski definition) is 8. The molecule has 4 aromatic heterocycles. The smallest absolute Gasteiger partial charge is 0.262 e. The molecule has 0 atom stereocenters. The SMILES string of the molecule is Cc1ccc(-c2ccnc(Nc3ccccc3)n2)cc1C(=O)N1CCCCC1.Cc1ccc(-c2ccnc(Nc3ccccc3)n2)cc1C(=O)NC1CCCCC1.Cc1ccc(-c2ccnc(Nc3ccccc3)n2)cc1C(=O)Nc1ccccc1.O=C(COc1ccccc1)Nc1ccc(-c2ccnc(Nc3cccc(O)c3)c2)cc1. The van der Waals surface area contributed by atoms with Crippen molar-refractivity contribution in [3.05, 3.63) is 343 Å². The van der Waals surface area contributed by atoms with Crippen molar-refractivity contribution in [1.29, 1.82) is 0 Å². The van der Waals surface area contributed by atoms with Gasteiger partial charge >= 0.3 is 0 Å². The summed E-state index contributed by atoms with van der Waals surface area (Å²) in [5.41, 5.74) is 16.9. The van der Waals surface area contributed by atoms with E-state index in [2.05, 4.69) is 72.1 Å². The van der Waals surface area contributed by atoms with E-state index < -0.39 is 0 Å². The number of likely N-dealkylation sites (tertiary alicyclic amines) is 1. The summed E-state index contributed by atoms with van der Waals surface area (Å²) in [7, 11) is 0. The zero-order valence-corrected chi connectivity index (χ0v) is 65.4. The molecule has 10 aromatic carbocycles. The Hall–Kier alpha value is -14.7. The van der Waals surface area contributed by atoms with Gasteiger partial charge < -0.3 is 52.0 Å². The molecule has 1 aliphatic heterocycles. The second-order valence-corrected chi connectivity index (χ2v) is 28.2. The van der Waals surface area contributed by atoms with Gasteiger partial charge in [0, 0.05) is 117 Å². The molecule has 14 aromatic rings. The third-order valence-corrected chi connectivity index (χ3v) is 19.5. The summed E-state index contributed by atoms with van der Waals surface area (Å²) in [6.45, 7) is 7.53. The van der Waals surface area contributed by atoms with Crippen molar-refractivity contribution < 1.29 is 29.0 Å². The van der Waals surface area contributed by atoms with E-state index in [0.29, 0.717) is 52.3 Å². The number of anilines is 10. The van der Waals surface area contributed by atoms with Crippen LogP contribution in [0.25, 0.3) is 44.9 Å². The van der Waals surface area contributed by atoms with E-state index in [4.69, 9.17) is 4.74 Å². The third kappa shape index (κ3) is 23.7. The van der Waals surface area contributed by atoms with Crippen LogP contribution in [-0.4, -0.2) is 94.3 Å². The number of carbonyl (C=O) groups excluding carboxylic acids is 4. The number of aryl methyl sites for hydroxylation is 3. The van der Waals surface area contributed by atoms with Crippen LogP contribution >= 0.6 is 0 Å². The standard InChI is InChI=1S/C25H21N3O3.C24H26N4O.C24H20N4O.C23H24N4O/c29-22-6-4-5-21(16-22)27-24-15-19(13-14-26-24)18-9-11-20(12-10-18)28-25(30)17-31-23-7-2-1-3-8-23;2*1-17-12-13-18(16-21(17)23(29)26-19-8-4-2-5-9-19)22-14-15-25-24(28-22)27-20-10-6-3-7-11-20;1-17-10-11-18(16-20(17)22(28)27-14-6-3-7-15-27)21-12-13-24-23(26-21)25-19-8-4-2-5-9-19/h1-16,29H,17H2,(H,26,27)(H,28,30);3,6-7,10-16,19H,2,4-5,8-9H2,1H3,(H,26,29)(H,25,27,28);2-16H,1H3,(H,26,29)(H,25,27,28);2,4-5,8-13,16H,3,6-7,14-15H2,1H3,(H,24,25,26). The number of benzene rings is 10. The summed E-state index contributed by atoms with van der Waals surface area (Å²) >= 11 is 0. The molecule has 0 radical (unpaired) electrons. The minimum absolute atomic E-state index is 0.00735. The third-order valence-electron chi connectivity index (χ3n) is 19.5. The number of rotatable bonds is 21. The Morgan fingerprint density at radius 1 is 0.376 bits per heavy atom. The normalized spacial score (nSPS) is 12.2. The number of aromatic hydroxyl groups is 1. The molecule has 4 amide bonds. The van der Waals surface area contributed by atoms with E-state index in [1.165, 1.54) is 25.7 Å². The summed E-state index contributed by atoms with van der Waals surface area (Å²) in [5.74, 6) is 2.83. The summed E-state index contributed by atoms with van der Waals surface area (Å²) in [6.07, 6.45) is 16.1. The molecule has 2 aliphatic rings. The van der Waals surface area contributed by atoms with Gasteiger partial charge in [0.25, 0.3) is 23.6 Å². The zero-order chi connectivity index (χ0) is 80.9. The van der Waals surface area contributed by atoms with Crippen LogP contribution in [0, 0.1) is 20.8 Å². The molecule has 8 N–H and O–H groups in total. The maximum absolute atomic E-state index is 13.0. The molecule has 16 rings (SSSR count). The molecule has 21 heteroatoms. The number of piperidine rings is 1. The molecule has 1 saturated carbocycles. The van der Waals surface area contributed by atoms with Crippen molar-refractivity contribution in [3.8, 4) is 56.4 Å². The highest BCUT2D eigenvalue weighted by molar-refractivity contribution is 6.06. The highest BCUT2D eigenvalue weighted by Gasteiger charge is 2.23. The van der Waals surface area contributed by atoms with Gasteiger partial charge in [-0.3, -0.25) is 19.2 Å². The predicted octanol–water partition coefficient (Wildman–Crippen LogP) is 20.7. The second-order valence-electron chi connectivity index (χ2n) is 28.2. The van der Waals surface area contributed by atoms with Crippen molar-refractivity contribution in [1.82, 2.24) is 45.1 Å². The van der Waals surface area contributed by atoms with E-state index in [9.17, 15) is 24.3 Å². The topological polar surface area (TPSA) is 275 Å². The van der Waals surface area contributed by atoms with Crippen molar-refractivity contribution in [2.45, 2.75) is 78.2 Å². The van der Waals surface area contributed by atoms with Crippen molar-refractivity contribution in [3.63, 3.8) is 0 Å². The zero-order valence-electron chi connectivity index (χ0n) is 65.4. The first kappa shape index (κ1) is 80.3. The first-order chi connectivity index (χ1) is 57.2. The van der Waals surface area contributed by atoms with E-state index in [0.717, 1.165) is 134 Å². The highest BCUT2D eigenvalue weighted by atomic mass is 16.5. The Labute approximate surface area is 681 Å². The van der Waals surface area contributed by atoms with Gasteiger partial charge in [-0.2, -0.15) is 0 Å². The largest absolute Gasteiger partial charge is 0.508 e. The van der Waals surface area contributed by atoms with Gasteiger partial charge in [0.15, 0.2) is 6.61 Å². The van der Waals surface area contributed by atoms with Gasteiger partial charge in [-0.25, -0.2) is 34.9 Å². The number of carbonyl (C=O) groups is 4. The Kier molecular flexibility index (Phi) is 27.9. The lowest BCUT2D eigenvalue weighted by molar-refractivity contribution is -0.118. The number of para-hydroxylation sites is 5. The minimum atomic E-state index is -0.224. The van der Waals surface area contributed by atoms with Crippen LogP contribution in [0.2, 0.25) is 0 Å². The fraction of sp³-hybridized carbons (Fsp3) is 0.156. The number of nitrogens with one attached hydrogen (secondary N) is 7. The number of phenols is 1. The van der Waals surface area contributed by atoms with Crippen molar-refractivity contribution in [2.24, 2.45) is 0 Å². The van der Waals surface area contributed by atoms with Crippen LogP contribution in [0.15, 0.2) is 310 Å². The number of ether oxygens (including phenoxy) is 1. The lowest BCUT2D eigenvalue weighted by atomic mass is 9.95. The van der Waals surface area contributed by atoms with E-state index >= 15 is 0 Å². The number of nitrogens with zero attached hydrogens (tertiary/aromatic N) is 8. The van der Waals surface area contributed by atoms with E-state index in [-0.39, 0.29) is 36.0 Å². The molecule has 0 bridgehead atoms. The monoisotopic (exact) mass is 1550 g/mol. The highest BCUT2D eigenvalue weighted by Crippen LogP contribution is 2.31. The second kappa shape index (κ2) is 40.6. The molecule has 21 nitrogen and oxygen atoms in total. The van der Waals surface area contributed by atoms with Gasteiger partial charge in [-0.15, -0.1) is 0 Å². The lowest BCUT2D eigenvalue weighted by Gasteiger charge is -2.27. The molecular weight excluding hydrogens is 1460 g/mol. The summed E-state index contributed by atoms with van der Waals surface area (Å²) < 4.78 is 5.46. The number of amides is 4. The Morgan fingerprint density at radius 2 is 0.803 bits per heavy atom. The van der Waals surface area contributed by atoms with Gasteiger partial charge in [0.1, 0.15) is 17.3 Å². The summed E-state index contributed by atoms with van der Waals surface area (Å²) in [4.78, 5) is 83.8. The molecule has 117 heavy (non-hydrogen) atoms. The number of phenolic OH excluding ortho intramolecular Hbond substituents is 1. The first-order valence-corrected chi connectivity index (χ1v) is 39.1. The van der Waals surface area contributed by atoms with Gasteiger partial charge in [-0.05, 0) is 214 Å².